The number of para-hydroxylation sites is 3. The SMILES string of the molecule is c1ccc(-c2nc3cccc(-c4ccc(N(c5ccccc5)c5ccc6c(c5)oc5ccccc56)cc4)c3o2)cc1. The number of aromatic nitrogens is 1. The third kappa shape index (κ3) is 4.05. The van der Waals surface area contributed by atoms with Gasteiger partial charge < -0.3 is 13.7 Å². The first-order valence-corrected chi connectivity index (χ1v) is 13.6. The lowest BCUT2D eigenvalue weighted by Crippen LogP contribution is -2.09. The average molecular weight is 529 g/mol. The monoisotopic (exact) mass is 528 g/mol. The molecule has 0 atom stereocenters. The van der Waals surface area contributed by atoms with E-state index >= 15 is 0 Å². The van der Waals surface area contributed by atoms with Crippen LogP contribution in [0.5, 0.6) is 0 Å². The van der Waals surface area contributed by atoms with Gasteiger partial charge in [-0.15, -0.1) is 0 Å². The van der Waals surface area contributed by atoms with E-state index in [1.54, 1.807) is 0 Å². The molecule has 0 radical (unpaired) electrons. The molecule has 0 saturated carbocycles. The lowest BCUT2D eigenvalue weighted by molar-refractivity contribution is 0.621. The van der Waals surface area contributed by atoms with Crippen LogP contribution >= 0.6 is 0 Å². The van der Waals surface area contributed by atoms with Crippen LogP contribution in [-0.2, 0) is 0 Å². The highest BCUT2D eigenvalue weighted by molar-refractivity contribution is 6.06. The van der Waals surface area contributed by atoms with Crippen LogP contribution in [0.1, 0.15) is 0 Å². The predicted octanol–water partition coefficient (Wildman–Crippen LogP) is 10.5. The molecule has 0 bridgehead atoms. The third-order valence-corrected chi connectivity index (χ3v) is 7.51. The van der Waals surface area contributed by atoms with Gasteiger partial charge in [0.05, 0.1) is 0 Å². The van der Waals surface area contributed by atoms with Gasteiger partial charge in [-0.3, -0.25) is 0 Å². The quantitative estimate of drug-likeness (QED) is 0.223. The van der Waals surface area contributed by atoms with Gasteiger partial charge in [-0.2, -0.15) is 0 Å². The summed E-state index contributed by atoms with van der Waals surface area (Å²) >= 11 is 0. The molecule has 4 nitrogen and oxygen atoms in total. The fraction of sp³-hybridized carbons (Fsp3) is 0. The molecule has 0 spiro atoms. The van der Waals surface area contributed by atoms with Crippen LogP contribution in [0.25, 0.3) is 55.6 Å². The molecule has 194 valence electrons. The van der Waals surface area contributed by atoms with Crippen molar-refractivity contribution in [3.8, 4) is 22.6 Å². The fourth-order valence-electron chi connectivity index (χ4n) is 5.55. The first kappa shape index (κ1) is 23.3. The molecule has 0 amide bonds. The zero-order valence-electron chi connectivity index (χ0n) is 22.1. The minimum atomic E-state index is 0.626. The summed E-state index contributed by atoms with van der Waals surface area (Å²) < 4.78 is 12.5. The van der Waals surface area contributed by atoms with Crippen molar-refractivity contribution in [1.82, 2.24) is 4.98 Å². The van der Waals surface area contributed by atoms with E-state index in [1.165, 1.54) is 0 Å². The smallest absolute Gasteiger partial charge is 0.227 e. The minimum Gasteiger partial charge on any atom is -0.456 e. The lowest BCUT2D eigenvalue weighted by Gasteiger charge is -2.25. The zero-order chi connectivity index (χ0) is 27.2. The molecule has 0 aliphatic rings. The third-order valence-electron chi connectivity index (χ3n) is 7.51. The van der Waals surface area contributed by atoms with Crippen molar-refractivity contribution >= 4 is 50.1 Å². The summed E-state index contributed by atoms with van der Waals surface area (Å²) in [6, 6.07) is 49.7. The second-order valence-corrected chi connectivity index (χ2v) is 10.0. The minimum absolute atomic E-state index is 0.626. The molecule has 4 heteroatoms. The van der Waals surface area contributed by atoms with Crippen LogP contribution in [-0.4, -0.2) is 4.98 Å². The Hall–Kier alpha value is -5.61. The van der Waals surface area contributed by atoms with Gasteiger partial charge in [0.1, 0.15) is 16.7 Å². The number of anilines is 3. The molecule has 0 unspecified atom stereocenters. The maximum Gasteiger partial charge on any atom is 0.227 e. The highest BCUT2D eigenvalue weighted by Gasteiger charge is 2.17. The summed E-state index contributed by atoms with van der Waals surface area (Å²) in [5.74, 6) is 0.626. The maximum absolute atomic E-state index is 6.29. The Labute approximate surface area is 236 Å². The van der Waals surface area contributed by atoms with Crippen LogP contribution in [0.4, 0.5) is 17.1 Å². The van der Waals surface area contributed by atoms with Crippen molar-refractivity contribution in [1.29, 1.82) is 0 Å². The Bertz CT molecular complexity index is 2140. The van der Waals surface area contributed by atoms with E-state index < -0.39 is 0 Å². The fourth-order valence-corrected chi connectivity index (χ4v) is 5.55. The summed E-state index contributed by atoms with van der Waals surface area (Å²) in [7, 11) is 0. The molecule has 0 saturated heterocycles. The summed E-state index contributed by atoms with van der Waals surface area (Å²) in [5, 5.41) is 2.24. The van der Waals surface area contributed by atoms with Gasteiger partial charge in [-0.05, 0) is 66.2 Å². The Kier molecular flexibility index (Phi) is 5.42. The molecule has 2 heterocycles. The molecule has 0 fully saturated rings. The molecule has 6 aromatic carbocycles. The van der Waals surface area contributed by atoms with Gasteiger partial charge in [0.25, 0.3) is 0 Å². The summed E-state index contributed by atoms with van der Waals surface area (Å²) in [4.78, 5) is 7.00. The van der Waals surface area contributed by atoms with Gasteiger partial charge in [0, 0.05) is 45.0 Å². The standard InChI is InChI=1S/C37H24N2O2/c1-3-10-26(11-4-1)37-38-33-16-9-15-30(36(33)41-37)25-18-20-28(21-19-25)39(27-12-5-2-6-13-27)29-22-23-32-31-14-7-8-17-34(31)40-35(32)24-29/h1-24H. The van der Waals surface area contributed by atoms with Crippen LogP contribution in [0.3, 0.4) is 0 Å². The number of fused-ring (bicyclic) bond motifs is 4. The van der Waals surface area contributed by atoms with Gasteiger partial charge in [0.15, 0.2) is 5.58 Å². The molecular weight excluding hydrogens is 504 g/mol. The van der Waals surface area contributed by atoms with Crippen molar-refractivity contribution in [3.63, 3.8) is 0 Å². The molecule has 0 aliphatic heterocycles. The van der Waals surface area contributed by atoms with E-state index in [0.717, 1.165) is 66.8 Å². The largest absolute Gasteiger partial charge is 0.456 e. The van der Waals surface area contributed by atoms with Crippen molar-refractivity contribution in [2.24, 2.45) is 0 Å². The predicted molar refractivity (Wildman–Crippen MR) is 167 cm³/mol. The first-order valence-electron chi connectivity index (χ1n) is 13.6. The zero-order valence-corrected chi connectivity index (χ0v) is 22.1. The van der Waals surface area contributed by atoms with Crippen molar-refractivity contribution < 1.29 is 8.83 Å². The normalized spacial score (nSPS) is 11.4. The van der Waals surface area contributed by atoms with E-state index in [4.69, 9.17) is 13.8 Å². The van der Waals surface area contributed by atoms with E-state index in [1.807, 2.05) is 66.7 Å². The first-order chi connectivity index (χ1) is 20.3. The number of oxazole rings is 1. The second-order valence-electron chi connectivity index (χ2n) is 10.0. The number of hydrogen-bond acceptors (Lipinski definition) is 4. The molecule has 2 aromatic heterocycles. The summed E-state index contributed by atoms with van der Waals surface area (Å²) in [6.45, 7) is 0. The van der Waals surface area contributed by atoms with Crippen LogP contribution in [0.15, 0.2) is 154 Å². The Balaban J connectivity index is 1.21. The van der Waals surface area contributed by atoms with Crippen molar-refractivity contribution in [2.45, 2.75) is 0 Å². The van der Waals surface area contributed by atoms with Gasteiger partial charge in [-0.25, -0.2) is 4.98 Å². The van der Waals surface area contributed by atoms with E-state index in [-0.39, 0.29) is 0 Å². The van der Waals surface area contributed by atoms with Crippen LogP contribution < -0.4 is 4.90 Å². The molecule has 0 aliphatic carbocycles. The van der Waals surface area contributed by atoms with E-state index in [2.05, 4.69) is 83.8 Å². The highest BCUT2D eigenvalue weighted by atomic mass is 16.3. The Morgan fingerprint density at radius 3 is 1.98 bits per heavy atom. The topological polar surface area (TPSA) is 42.4 Å². The highest BCUT2D eigenvalue weighted by Crippen LogP contribution is 2.39. The summed E-state index contributed by atoms with van der Waals surface area (Å²) in [5.41, 5.74) is 9.58. The van der Waals surface area contributed by atoms with E-state index in [9.17, 15) is 0 Å². The van der Waals surface area contributed by atoms with E-state index in [0.29, 0.717) is 5.89 Å². The molecule has 41 heavy (non-hydrogen) atoms. The number of benzene rings is 6. The summed E-state index contributed by atoms with van der Waals surface area (Å²) in [6.07, 6.45) is 0. The number of rotatable bonds is 5. The molecule has 8 rings (SSSR count). The molecular formula is C37H24N2O2. The Morgan fingerprint density at radius 1 is 0.463 bits per heavy atom. The number of furan rings is 1. The van der Waals surface area contributed by atoms with Crippen molar-refractivity contribution in [2.75, 3.05) is 4.90 Å². The Morgan fingerprint density at radius 2 is 1.15 bits per heavy atom. The number of hydrogen-bond donors (Lipinski definition) is 0. The number of nitrogens with zero attached hydrogens (tertiary/aromatic N) is 2. The van der Waals surface area contributed by atoms with Crippen molar-refractivity contribution in [3.05, 3.63) is 146 Å². The maximum atomic E-state index is 6.29. The van der Waals surface area contributed by atoms with Gasteiger partial charge >= 0.3 is 0 Å². The lowest BCUT2D eigenvalue weighted by atomic mass is 10.0. The molecule has 8 aromatic rings. The average Bonchev–Trinajstić information content (AvgIpc) is 3.64. The van der Waals surface area contributed by atoms with Crippen LogP contribution in [0, 0.1) is 0 Å². The van der Waals surface area contributed by atoms with Gasteiger partial charge in [0.2, 0.25) is 5.89 Å². The van der Waals surface area contributed by atoms with Crippen LogP contribution in [0.2, 0.25) is 0 Å². The van der Waals surface area contributed by atoms with Gasteiger partial charge in [-0.1, -0.05) is 78.9 Å². The molecule has 0 N–H and O–H groups in total. The second kappa shape index (κ2) is 9.54.